The summed E-state index contributed by atoms with van der Waals surface area (Å²) in [6, 6.07) is -2.33. The Morgan fingerprint density at radius 3 is 2.15 bits per heavy atom. The number of carboxylic acids is 1. The predicted octanol–water partition coefficient (Wildman–Crippen LogP) is -3.89. The highest BCUT2D eigenvalue weighted by atomic mass is 16.4. The molecule has 0 spiro atoms. The van der Waals surface area contributed by atoms with Crippen LogP contribution >= 0.6 is 0 Å². The monoisotopic (exact) mass is 387 g/mol. The number of aliphatic carboxylic acids is 1. The number of guanidine groups is 1. The van der Waals surface area contributed by atoms with Crippen LogP contribution in [0.2, 0.25) is 0 Å². The number of primary amides is 1. The van der Waals surface area contributed by atoms with Gasteiger partial charge in [-0.25, -0.2) is 0 Å². The molecule has 0 heterocycles. The quantitative estimate of drug-likeness (QED) is 0.0990. The molecule has 2 atom stereocenters. The predicted molar refractivity (Wildman–Crippen MR) is 93.9 cm³/mol. The molecule has 27 heavy (non-hydrogen) atoms. The second-order valence-electron chi connectivity index (χ2n) is 5.54. The molecular formula is C14H25N7O6. The molecule has 0 aromatic rings. The van der Waals surface area contributed by atoms with Gasteiger partial charge in [0.25, 0.3) is 0 Å². The topological polar surface area (TPSA) is 232 Å². The van der Waals surface area contributed by atoms with Gasteiger partial charge in [-0.15, -0.1) is 0 Å². The number of nitrogens with two attached hydrogens (primary N) is 3. The fraction of sp³-hybridized carbons (Fsp3) is 0.571. The van der Waals surface area contributed by atoms with Gasteiger partial charge in [0.05, 0.1) is 13.0 Å². The van der Waals surface area contributed by atoms with Crippen molar-refractivity contribution in [2.45, 2.75) is 38.3 Å². The number of carboxylic acid groups (broad SMARTS) is 1. The second-order valence-corrected chi connectivity index (χ2v) is 5.54. The molecule has 4 amide bonds. The van der Waals surface area contributed by atoms with Crippen molar-refractivity contribution in [2.75, 3.05) is 13.1 Å². The molecule has 0 aromatic heterocycles. The summed E-state index contributed by atoms with van der Waals surface area (Å²) in [7, 11) is 0. The van der Waals surface area contributed by atoms with Gasteiger partial charge >= 0.3 is 5.97 Å². The van der Waals surface area contributed by atoms with E-state index in [1.165, 1.54) is 6.92 Å². The fourth-order valence-electron chi connectivity index (χ4n) is 1.95. The minimum atomic E-state index is -1.40. The number of nitrogens with one attached hydrogen (secondary N) is 3. The molecule has 0 aliphatic rings. The first kappa shape index (κ1) is 23.6. The molecule has 0 radical (unpaired) electrons. The van der Waals surface area contributed by atoms with E-state index in [-0.39, 0.29) is 18.9 Å². The van der Waals surface area contributed by atoms with Crippen LogP contribution in [-0.2, 0) is 24.0 Å². The largest absolute Gasteiger partial charge is 0.481 e. The normalized spacial score (nSPS) is 12.2. The van der Waals surface area contributed by atoms with E-state index >= 15 is 0 Å². The third kappa shape index (κ3) is 11.7. The van der Waals surface area contributed by atoms with E-state index in [2.05, 4.69) is 20.9 Å². The van der Waals surface area contributed by atoms with Gasteiger partial charge in [-0.2, -0.15) is 0 Å². The Bertz CT molecular complexity index is 603. The highest BCUT2D eigenvalue weighted by Gasteiger charge is 2.23. The first-order valence-electron chi connectivity index (χ1n) is 7.93. The molecule has 152 valence electrons. The molecular weight excluding hydrogens is 362 g/mol. The van der Waals surface area contributed by atoms with E-state index in [9.17, 15) is 24.0 Å². The number of hydrogen-bond acceptors (Lipinski definition) is 6. The van der Waals surface area contributed by atoms with Crippen molar-refractivity contribution < 1.29 is 29.1 Å². The van der Waals surface area contributed by atoms with Crippen LogP contribution in [-0.4, -0.2) is 65.8 Å². The van der Waals surface area contributed by atoms with Crippen molar-refractivity contribution in [3.8, 4) is 0 Å². The van der Waals surface area contributed by atoms with Gasteiger partial charge in [0.2, 0.25) is 23.6 Å². The van der Waals surface area contributed by atoms with Gasteiger partial charge in [-0.05, 0) is 12.8 Å². The summed E-state index contributed by atoms with van der Waals surface area (Å²) in [5, 5.41) is 15.5. The Morgan fingerprint density at radius 1 is 1.04 bits per heavy atom. The number of hydrogen-bond donors (Lipinski definition) is 7. The smallest absolute Gasteiger partial charge is 0.305 e. The lowest BCUT2D eigenvalue weighted by Crippen LogP contribution is -2.51. The van der Waals surface area contributed by atoms with Crippen LogP contribution < -0.4 is 33.2 Å². The molecule has 0 aromatic carbocycles. The molecule has 0 rings (SSSR count). The summed E-state index contributed by atoms with van der Waals surface area (Å²) in [5.74, 6) is -4.34. The van der Waals surface area contributed by atoms with E-state index in [1.807, 2.05) is 0 Å². The minimum Gasteiger partial charge on any atom is -0.481 e. The van der Waals surface area contributed by atoms with Crippen molar-refractivity contribution in [1.82, 2.24) is 16.0 Å². The van der Waals surface area contributed by atoms with Crippen molar-refractivity contribution in [3.63, 3.8) is 0 Å². The summed E-state index contributed by atoms with van der Waals surface area (Å²) < 4.78 is 0. The lowest BCUT2D eigenvalue weighted by molar-refractivity contribution is -0.140. The maximum absolute atomic E-state index is 12.1. The van der Waals surface area contributed by atoms with Crippen molar-refractivity contribution in [1.29, 1.82) is 0 Å². The average molecular weight is 387 g/mol. The van der Waals surface area contributed by atoms with Crippen LogP contribution in [0.25, 0.3) is 0 Å². The van der Waals surface area contributed by atoms with E-state index in [4.69, 9.17) is 22.3 Å². The number of carbonyl (C=O) groups is 5. The van der Waals surface area contributed by atoms with Crippen LogP contribution in [0.15, 0.2) is 4.99 Å². The zero-order chi connectivity index (χ0) is 21.0. The number of rotatable bonds is 12. The summed E-state index contributed by atoms with van der Waals surface area (Å²) in [6.45, 7) is 0.945. The molecule has 0 bridgehead atoms. The number of nitrogens with zero attached hydrogens (tertiary/aromatic N) is 1. The van der Waals surface area contributed by atoms with E-state index in [0.29, 0.717) is 6.42 Å². The van der Waals surface area contributed by atoms with Crippen LogP contribution in [0.4, 0.5) is 0 Å². The van der Waals surface area contributed by atoms with Crippen LogP contribution in [0.3, 0.4) is 0 Å². The first-order valence-corrected chi connectivity index (χ1v) is 7.93. The Labute approximate surface area is 155 Å². The maximum Gasteiger partial charge on any atom is 0.305 e. The SMILES string of the molecule is CC(=O)N[C@@H](CCCN=C(N)N)C(=O)NCC(=O)N[C@@H](CC(=O)O)C(N)=O. The zero-order valence-corrected chi connectivity index (χ0v) is 14.9. The van der Waals surface area contributed by atoms with Gasteiger partial charge in [0, 0.05) is 13.5 Å². The molecule has 0 saturated heterocycles. The Balaban J connectivity index is 4.61. The summed E-state index contributed by atoms with van der Waals surface area (Å²) >= 11 is 0. The molecule has 0 saturated carbocycles. The molecule has 13 heteroatoms. The molecule has 13 nitrogen and oxygen atoms in total. The standard InChI is InChI=1S/C14H25N7O6/c1-7(22)20-8(3-2-4-18-14(16)17)13(27)19-6-10(23)21-9(12(15)26)5-11(24)25/h8-9H,2-6H2,1H3,(H2,15,26)(H,19,27)(H,20,22)(H,21,23)(H,24,25)(H4,16,17,18)/t8-,9-/m0/s1. The highest BCUT2D eigenvalue weighted by molar-refractivity contribution is 5.93. The summed E-state index contributed by atoms with van der Waals surface area (Å²) in [6.07, 6.45) is -0.0775. The third-order valence-electron chi connectivity index (χ3n) is 3.12. The van der Waals surface area contributed by atoms with Crippen molar-refractivity contribution >= 4 is 35.6 Å². The third-order valence-corrected chi connectivity index (χ3v) is 3.12. The number of aliphatic imine (C=N–C) groups is 1. The van der Waals surface area contributed by atoms with Gasteiger partial charge in [-0.1, -0.05) is 0 Å². The van der Waals surface area contributed by atoms with Gasteiger partial charge in [0.15, 0.2) is 5.96 Å². The number of carbonyl (C=O) groups excluding carboxylic acids is 4. The Hall–Kier alpha value is -3.38. The minimum absolute atomic E-state index is 0.0995. The zero-order valence-electron chi connectivity index (χ0n) is 14.9. The van der Waals surface area contributed by atoms with E-state index < -0.39 is 54.6 Å². The molecule has 0 unspecified atom stereocenters. The fourth-order valence-corrected chi connectivity index (χ4v) is 1.95. The lowest BCUT2D eigenvalue weighted by atomic mass is 10.1. The Kier molecular flexibility index (Phi) is 10.5. The highest BCUT2D eigenvalue weighted by Crippen LogP contribution is 1.99. The second kappa shape index (κ2) is 12.1. The summed E-state index contributed by atoms with van der Waals surface area (Å²) in [4.78, 5) is 60.6. The average Bonchev–Trinajstić information content (AvgIpc) is 2.53. The maximum atomic E-state index is 12.1. The molecule has 0 aliphatic heterocycles. The molecule has 10 N–H and O–H groups in total. The van der Waals surface area contributed by atoms with Crippen LogP contribution in [0, 0.1) is 0 Å². The number of amides is 4. The molecule has 0 fully saturated rings. The molecule has 0 aliphatic carbocycles. The van der Waals surface area contributed by atoms with E-state index in [0.717, 1.165) is 0 Å². The van der Waals surface area contributed by atoms with Gasteiger partial charge in [-0.3, -0.25) is 29.0 Å². The van der Waals surface area contributed by atoms with Crippen LogP contribution in [0.1, 0.15) is 26.2 Å². The lowest BCUT2D eigenvalue weighted by Gasteiger charge is -2.18. The van der Waals surface area contributed by atoms with Crippen molar-refractivity contribution in [2.24, 2.45) is 22.2 Å². The Morgan fingerprint density at radius 2 is 1.67 bits per heavy atom. The van der Waals surface area contributed by atoms with Crippen LogP contribution in [0.5, 0.6) is 0 Å². The summed E-state index contributed by atoms with van der Waals surface area (Å²) in [5.41, 5.74) is 15.4. The van der Waals surface area contributed by atoms with Crippen molar-refractivity contribution in [3.05, 3.63) is 0 Å². The van der Waals surface area contributed by atoms with E-state index in [1.54, 1.807) is 0 Å². The van der Waals surface area contributed by atoms with Gasteiger partial charge in [0.1, 0.15) is 12.1 Å². The first-order chi connectivity index (χ1) is 12.5. The van der Waals surface area contributed by atoms with Gasteiger partial charge < -0.3 is 38.3 Å².